The van der Waals surface area contributed by atoms with Gasteiger partial charge in [0.25, 0.3) is 0 Å². The lowest BCUT2D eigenvalue weighted by atomic mass is 9.55. The van der Waals surface area contributed by atoms with Crippen molar-refractivity contribution in [1.82, 2.24) is 5.32 Å². The van der Waals surface area contributed by atoms with Crippen LogP contribution in [0.1, 0.15) is 90.4 Å². The number of rotatable bonds is 4. The Balaban J connectivity index is 1.31. The Hall–Kier alpha value is -0.840. The highest BCUT2D eigenvalue weighted by Gasteiger charge is 2.61. The minimum Gasteiger partial charge on any atom is -0.372 e. The molecule has 0 radical (unpaired) electrons. The second-order valence-electron chi connectivity index (χ2n) is 11.4. The first kappa shape index (κ1) is 21.0. The van der Waals surface area contributed by atoms with Gasteiger partial charge >= 0.3 is 0 Å². The molecule has 168 valence electrons. The van der Waals surface area contributed by atoms with Crippen molar-refractivity contribution in [2.24, 2.45) is 35.1 Å². The zero-order valence-corrected chi connectivity index (χ0v) is 19.0. The first-order chi connectivity index (χ1) is 14.5. The highest BCUT2D eigenvalue weighted by atomic mass is 16.5. The van der Waals surface area contributed by atoms with E-state index in [-0.39, 0.29) is 17.4 Å². The van der Waals surface area contributed by atoms with Crippen LogP contribution in [0.25, 0.3) is 0 Å². The van der Waals surface area contributed by atoms with Crippen molar-refractivity contribution < 1.29 is 4.74 Å². The first-order valence-corrected chi connectivity index (χ1v) is 12.8. The Morgan fingerprint density at radius 2 is 1.83 bits per heavy atom. The lowest BCUT2D eigenvalue weighted by Gasteiger charge is -2.64. The van der Waals surface area contributed by atoms with Crippen LogP contribution in [0.3, 0.4) is 0 Å². The van der Waals surface area contributed by atoms with Gasteiger partial charge in [0.15, 0.2) is 0 Å². The number of allylic oxidation sites excluding steroid dienone is 2. The van der Waals surface area contributed by atoms with Gasteiger partial charge in [-0.15, -0.1) is 0 Å². The van der Waals surface area contributed by atoms with Crippen LogP contribution in [0, 0.1) is 23.7 Å². The highest BCUT2D eigenvalue weighted by Crippen LogP contribution is 2.59. The molecular weight excluding hydrogens is 370 g/mol. The molecule has 2 bridgehead atoms. The summed E-state index contributed by atoms with van der Waals surface area (Å²) in [7, 11) is 0. The summed E-state index contributed by atoms with van der Waals surface area (Å²) >= 11 is 0. The molecular formula is C26H43N3O. The predicted octanol–water partition coefficient (Wildman–Crippen LogP) is 4.75. The van der Waals surface area contributed by atoms with Crippen LogP contribution in [0.2, 0.25) is 0 Å². The Kier molecular flexibility index (Phi) is 5.79. The zero-order valence-electron chi connectivity index (χ0n) is 19.0. The van der Waals surface area contributed by atoms with Crippen LogP contribution in [-0.4, -0.2) is 23.4 Å². The number of dihydropyridines is 1. The molecule has 3 saturated carbocycles. The molecule has 6 aliphatic rings. The third-order valence-electron chi connectivity index (χ3n) is 9.58. The van der Waals surface area contributed by atoms with Gasteiger partial charge in [-0.1, -0.05) is 38.2 Å². The van der Waals surface area contributed by atoms with Gasteiger partial charge in [-0.25, -0.2) is 0 Å². The second kappa shape index (κ2) is 8.26. The fourth-order valence-electron chi connectivity index (χ4n) is 8.04. The molecule has 0 amide bonds. The Bertz CT molecular complexity index is 684. The van der Waals surface area contributed by atoms with E-state index in [4.69, 9.17) is 16.2 Å². The Labute approximate surface area is 183 Å². The molecule has 2 saturated heterocycles. The standard InChI is InChI=1S/C26H43N3O/c1-25(20-7-3-2-4-8-20)22-12-13-26(30-25,16-23(22)27)21-9-5-6-18(15-21)14-19-10-11-24(28)29-17-19/h10-11,17-18,20-24,29H,2-9,12-16,27-28H2,1H3/t18-,21+,22-,23+,24?,25-,26+/m1/s1. The average molecular weight is 414 g/mol. The average Bonchev–Trinajstić information content (AvgIpc) is 2.76. The maximum atomic E-state index is 7.32. The molecule has 3 aliphatic carbocycles. The summed E-state index contributed by atoms with van der Waals surface area (Å²) in [5, 5.41) is 3.26. The third-order valence-corrected chi connectivity index (χ3v) is 9.58. The smallest absolute Gasteiger partial charge is 0.0934 e. The summed E-state index contributed by atoms with van der Waals surface area (Å²) in [5.41, 5.74) is 14.2. The van der Waals surface area contributed by atoms with E-state index in [1.165, 1.54) is 76.2 Å². The maximum absolute atomic E-state index is 7.32. The molecule has 6 rings (SSSR count). The van der Waals surface area contributed by atoms with Crippen LogP contribution in [0.4, 0.5) is 0 Å². The summed E-state index contributed by atoms with van der Waals surface area (Å²) in [6, 6.07) is 0.328. The molecule has 0 aromatic heterocycles. The summed E-state index contributed by atoms with van der Waals surface area (Å²) in [6.07, 6.45) is 23.3. The van der Waals surface area contributed by atoms with E-state index < -0.39 is 0 Å². The SMILES string of the molecule is C[C@]1(C2CCCCC2)O[C@@]2([C@H]3CCC[C@H](CC4=CNC(N)C=C4)C3)CC[C@@H]1[C@@H](N)C2. The van der Waals surface area contributed by atoms with Crippen LogP contribution < -0.4 is 16.8 Å². The predicted molar refractivity (Wildman–Crippen MR) is 123 cm³/mol. The monoisotopic (exact) mass is 413 g/mol. The minimum atomic E-state index is -0.0310. The molecule has 7 atom stereocenters. The van der Waals surface area contributed by atoms with Crippen molar-refractivity contribution >= 4 is 0 Å². The fraction of sp³-hybridized carbons (Fsp3) is 0.846. The minimum absolute atomic E-state index is 0.0119. The van der Waals surface area contributed by atoms with E-state index in [0.29, 0.717) is 17.9 Å². The van der Waals surface area contributed by atoms with Crippen molar-refractivity contribution in [3.05, 3.63) is 23.9 Å². The van der Waals surface area contributed by atoms with Crippen molar-refractivity contribution in [2.45, 2.75) is 114 Å². The molecule has 5 N–H and O–H groups in total. The largest absolute Gasteiger partial charge is 0.372 e. The molecule has 4 nitrogen and oxygen atoms in total. The summed E-state index contributed by atoms with van der Waals surface area (Å²) in [6.45, 7) is 2.45. The van der Waals surface area contributed by atoms with E-state index >= 15 is 0 Å². The van der Waals surface area contributed by atoms with Crippen molar-refractivity contribution in [2.75, 3.05) is 0 Å². The molecule has 0 spiro atoms. The number of hydrogen-bond donors (Lipinski definition) is 3. The molecule has 5 fully saturated rings. The number of nitrogens with one attached hydrogen (secondary N) is 1. The van der Waals surface area contributed by atoms with Gasteiger partial charge in [-0.3, -0.25) is 0 Å². The van der Waals surface area contributed by atoms with Crippen molar-refractivity contribution in [1.29, 1.82) is 0 Å². The van der Waals surface area contributed by atoms with E-state index in [1.54, 1.807) is 0 Å². The van der Waals surface area contributed by atoms with Gasteiger partial charge in [-0.05, 0) is 87.7 Å². The Morgan fingerprint density at radius 1 is 1.03 bits per heavy atom. The van der Waals surface area contributed by atoms with Gasteiger partial charge in [0, 0.05) is 18.2 Å². The van der Waals surface area contributed by atoms with Crippen LogP contribution in [-0.2, 0) is 4.74 Å². The van der Waals surface area contributed by atoms with E-state index in [0.717, 1.165) is 24.7 Å². The van der Waals surface area contributed by atoms with Crippen LogP contribution >= 0.6 is 0 Å². The van der Waals surface area contributed by atoms with Gasteiger partial charge in [0.05, 0.1) is 17.4 Å². The van der Waals surface area contributed by atoms with Crippen LogP contribution in [0.5, 0.6) is 0 Å². The molecule has 3 heterocycles. The van der Waals surface area contributed by atoms with Gasteiger partial charge < -0.3 is 21.5 Å². The number of fused-ring (bicyclic) bond motifs is 3. The third kappa shape index (κ3) is 3.78. The lowest BCUT2D eigenvalue weighted by Crippen LogP contribution is -2.69. The van der Waals surface area contributed by atoms with E-state index in [9.17, 15) is 0 Å². The van der Waals surface area contributed by atoms with Gasteiger partial charge in [-0.2, -0.15) is 0 Å². The quantitative estimate of drug-likeness (QED) is 0.622. The number of hydrogen-bond acceptors (Lipinski definition) is 4. The molecule has 4 heteroatoms. The molecule has 0 aromatic rings. The number of nitrogens with two attached hydrogens (primary N) is 2. The van der Waals surface area contributed by atoms with E-state index in [2.05, 4.69) is 30.6 Å². The summed E-state index contributed by atoms with van der Waals surface area (Å²) in [4.78, 5) is 0. The van der Waals surface area contributed by atoms with Gasteiger partial charge in [0.1, 0.15) is 0 Å². The summed E-state index contributed by atoms with van der Waals surface area (Å²) in [5.74, 6) is 2.71. The zero-order chi connectivity index (χ0) is 20.8. The fourth-order valence-corrected chi connectivity index (χ4v) is 8.04. The van der Waals surface area contributed by atoms with Crippen molar-refractivity contribution in [3.63, 3.8) is 0 Å². The molecule has 30 heavy (non-hydrogen) atoms. The van der Waals surface area contributed by atoms with E-state index in [1.807, 2.05) is 0 Å². The maximum Gasteiger partial charge on any atom is 0.0934 e. The van der Waals surface area contributed by atoms with Crippen molar-refractivity contribution in [3.8, 4) is 0 Å². The topological polar surface area (TPSA) is 73.3 Å². The Morgan fingerprint density at radius 3 is 2.57 bits per heavy atom. The first-order valence-electron chi connectivity index (χ1n) is 12.8. The number of ether oxygens (including phenoxy) is 1. The summed E-state index contributed by atoms with van der Waals surface area (Å²) < 4.78 is 7.32. The van der Waals surface area contributed by atoms with Crippen LogP contribution in [0.15, 0.2) is 23.9 Å². The normalized spacial score (nSPS) is 47.0. The molecule has 0 aromatic carbocycles. The van der Waals surface area contributed by atoms with Gasteiger partial charge in [0.2, 0.25) is 0 Å². The highest BCUT2D eigenvalue weighted by molar-refractivity contribution is 5.24. The lowest BCUT2D eigenvalue weighted by molar-refractivity contribution is -0.295. The second-order valence-corrected chi connectivity index (χ2v) is 11.4. The molecule has 1 unspecified atom stereocenters. The molecule has 3 aliphatic heterocycles.